The second-order valence-electron chi connectivity index (χ2n) is 27.1. The molecule has 0 unspecified atom stereocenters. The summed E-state index contributed by atoms with van der Waals surface area (Å²) >= 11 is 0. The number of nitrogens with zero attached hydrogens (tertiary/aromatic N) is 4. The first-order valence-corrected chi connectivity index (χ1v) is 34.3. The van der Waals surface area contributed by atoms with E-state index in [1.807, 2.05) is 0 Å². The fourth-order valence-corrected chi connectivity index (χ4v) is 16.9. The van der Waals surface area contributed by atoms with Crippen molar-refractivity contribution < 1.29 is 0 Å². The van der Waals surface area contributed by atoms with Crippen molar-refractivity contribution in [2.75, 3.05) is 9.80 Å². The highest BCUT2D eigenvalue weighted by Crippen LogP contribution is 2.55. The monoisotopic (exact) mass is 1210 g/mol. The van der Waals surface area contributed by atoms with E-state index in [9.17, 15) is 0 Å². The van der Waals surface area contributed by atoms with Gasteiger partial charge in [-0.1, -0.05) is 222 Å². The molecule has 0 bridgehead atoms. The third-order valence-corrected chi connectivity index (χ3v) is 21.1. The standard InChI is InChI=1S/C90H74N4/c1-57(2)77-55-85(93(79-45-21-31-61-29-11-13-37-67(61)79)83-47-23-41-73-69-39-15-17-43-81(69)91(89(73)83)65-35-19-33-63(53-65)59-25-7-5-8-26-59)75-52-50-72-78(58(3)4)56-86(76-51-49-71(77)87(75)88(72)76)94(80-46-22-32-62-30-12-14-38-68(62)80)84-48-24-42-74-70-40-16-18-44-82(70)92(90(74)84)66-36-20-34-64(54-66)60-27-9-6-10-28-60/h5-10,15-28,31-36,39-58H,11-14,29-30,37-38H2,1-4H3. The lowest BCUT2D eigenvalue weighted by atomic mass is 9.83. The molecule has 0 radical (unpaired) electrons. The number of aryl methyl sites for hydroxylation is 2. The van der Waals surface area contributed by atoms with E-state index in [2.05, 4.69) is 314 Å². The van der Waals surface area contributed by atoms with Crippen LogP contribution in [0.5, 0.6) is 0 Å². The predicted molar refractivity (Wildman–Crippen MR) is 401 cm³/mol. The smallest absolute Gasteiger partial charge is 0.0782 e. The van der Waals surface area contributed by atoms with Crippen molar-refractivity contribution >= 4 is 110 Å². The van der Waals surface area contributed by atoms with E-state index >= 15 is 0 Å². The third kappa shape index (κ3) is 8.86. The van der Waals surface area contributed by atoms with Gasteiger partial charge in [-0.2, -0.15) is 0 Å². The molecule has 0 atom stereocenters. The zero-order chi connectivity index (χ0) is 62.7. The number of anilines is 6. The van der Waals surface area contributed by atoms with E-state index in [-0.39, 0.29) is 11.8 Å². The molecule has 2 aliphatic carbocycles. The zero-order valence-electron chi connectivity index (χ0n) is 54.0. The molecule has 0 spiro atoms. The number of aromatic nitrogens is 2. The molecule has 4 nitrogen and oxygen atoms in total. The lowest BCUT2D eigenvalue weighted by Gasteiger charge is -2.34. The van der Waals surface area contributed by atoms with E-state index in [4.69, 9.17) is 0 Å². The van der Waals surface area contributed by atoms with Gasteiger partial charge in [0.1, 0.15) is 0 Å². The Morgan fingerprint density at radius 1 is 0.277 bits per heavy atom. The Balaban J connectivity index is 0.952. The Kier molecular flexibility index (Phi) is 13.5. The highest BCUT2D eigenvalue weighted by molar-refractivity contribution is 6.30. The Hall–Kier alpha value is -10.7. The molecule has 16 aromatic rings. The van der Waals surface area contributed by atoms with Crippen LogP contribution in [-0.2, 0) is 25.7 Å². The van der Waals surface area contributed by atoms with Crippen LogP contribution in [0.2, 0.25) is 0 Å². The summed E-state index contributed by atoms with van der Waals surface area (Å²) in [5.74, 6) is 0.434. The normalized spacial score (nSPS) is 13.4. The molecule has 0 amide bonds. The molecule has 0 aliphatic heterocycles. The van der Waals surface area contributed by atoms with Crippen LogP contribution >= 0.6 is 0 Å². The maximum atomic E-state index is 2.72. The summed E-state index contributed by atoms with van der Waals surface area (Å²) in [7, 11) is 0. The van der Waals surface area contributed by atoms with Crippen molar-refractivity contribution in [3.05, 3.63) is 300 Å². The fourth-order valence-electron chi connectivity index (χ4n) is 16.9. The first-order valence-electron chi connectivity index (χ1n) is 34.3. The second kappa shape index (κ2) is 22.6. The average molecular weight is 1210 g/mol. The lowest BCUT2D eigenvalue weighted by Crippen LogP contribution is -2.18. The van der Waals surface area contributed by atoms with Crippen molar-refractivity contribution in [1.29, 1.82) is 0 Å². The van der Waals surface area contributed by atoms with Crippen molar-refractivity contribution in [2.24, 2.45) is 0 Å². The first-order chi connectivity index (χ1) is 46.3. The summed E-state index contributed by atoms with van der Waals surface area (Å²) in [5.41, 5.74) is 27.7. The van der Waals surface area contributed by atoms with Gasteiger partial charge in [0.05, 0.1) is 44.8 Å². The van der Waals surface area contributed by atoms with Gasteiger partial charge in [-0.05, 0) is 213 Å². The molecule has 2 aliphatic rings. The molecule has 0 saturated heterocycles. The number of benzene rings is 14. The summed E-state index contributed by atoms with van der Waals surface area (Å²) in [6.07, 6.45) is 8.98. The molecule has 14 aromatic carbocycles. The second-order valence-corrected chi connectivity index (χ2v) is 27.1. The van der Waals surface area contributed by atoms with Gasteiger partial charge in [0.15, 0.2) is 0 Å². The van der Waals surface area contributed by atoms with Crippen LogP contribution in [0, 0.1) is 0 Å². The number of rotatable bonds is 12. The SMILES string of the molecule is CC(C)c1cc(N(c2cccc3c2CCCC3)c2cccc3c4ccccc4n(-c4cccc(-c5ccccc5)c4)c23)c2ccc3c(C(C)C)cc(N(c4cccc5c4CCCC5)c4cccc5c6ccccc6n(-c6cccc(-c7ccccc7)c6)c45)c4ccc1c2c34. The minimum atomic E-state index is 0.217. The van der Waals surface area contributed by atoms with Gasteiger partial charge in [-0.3, -0.25) is 0 Å². The maximum Gasteiger partial charge on any atom is 0.0782 e. The molecule has 18 rings (SSSR count). The molecule has 2 heterocycles. The molecule has 0 N–H and O–H groups in total. The van der Waals surface area contributed by atoms with Gasteiger partial charge < -0.3 is 18.9 Å². The van der Waals surface area contributed by atoms with Crippen molar-refractivity contribution in [1.82, 2.24) is 9.13 Å². The topological polar surface area (TPSA) is 16.3 Å². The average Bonchev–Trinajstić information content (AvgIpc) is 0.885. The van der Waals surface area contributed by atoms with Gasteiger partial charge in [0, 0.05) is 55.1 Å². The number of para-hydroxylation sites is 4. The summed E-state index contributed by atoms with van der Waals surface area (Å²) in [6.45, 7) is 9.63. The summed E-state index contributed by atoms with van der Waals surface area (Å²) in [6, 6.07) is 102. The van der Waals surface area contributed by atoms with E-state index in [1.165, 1.54) is 191 Å². The molecule has 454 valence electrons. The summed E-state index contributed by atoms with van der Waals surface area (Å²) < 4.78 is 5.12. The van der Waals surface area contributed by atoms with E-state index in [0.717, 1.165) is 37.1 Å². The van der Waals surface area contributed by atoms with Crippen LogP contribution < -0.4 is 9.80 Å². The molecule has 4 heteroatoms. The van der Waals surface area contributed by atoms with Crippen molar-refractivity contribution in [2.45, 2.75) is 90.9 Å². The highest BCUT2D eigenvalue weighted by Gasteiger charge is 2.32. The quantitative estimate of drug-likeness (QED) is 0.113. The van der Waals surface area contributed by atoms with Gasteiger partial charge in [-0.15, -0.1) is 0 Å². The van der Waals surface area contributed by atoms with Crippen LogP contribution in [0.25, 0.3) is 110 Å². The molecular formula is C90H74N4. The minimum Gasteiger partial charge on any atom is -0.307 e. The Bertz CT molecular complexity index is 5300. The van der Waals surface area contributed by atoms with Gasteiger partial charge in [-0.25, -0.2) is 0 Å². The molecule has 0 fully saturated rings. The van der Waals surface area contributed by atoms with Gasteiger partial charge >= 0.3 is 0 Å². The van der Waals surface area contributed by atoms with Crippen molar-refractivity contribution in [3.63, 3.8) is 0 Å². The lowest BCUT2D eigenvalue weighted by molar-refractivity contribution is 0.686. The number of hydrogen-bond donors (Lipinski definition) is 0. The number of fused-ring (bicyclic) bond motifs is 8. The van der Waals surface area contributed by atoms with Crippen LogP contribution in [-0.4, -0.2) is 9.13 Å². The Morgan fingerprint density at radius 3 is 1.09 bits per heavy atom. The number of hydrogen-bond acceptors (Lipinski definition) is 2. The predicted octanol–water partition coefficient (Wildman–Crippen LogP) is 25.1. The molecule has 94 heavy (non-hydrogen) atoms. The van der Waals surface area contributed by atoms with Crippen LogP contribution in [0.3, 0.4) is 0 Å². The molecule has 2 aromatic heterocycles. The summed E-state index contributed by atoms with van der Waals surface area (Å²) in [4.78, 5) is 5.44. The van der Waals surface area contributed by atoms with E-state index in [1.54, 1.807) is 0 Å². The van der Waals surface area contributed by atoms with Crippen LogP contribution in [0.1, 0.15) is 98.6 Å². The van der Waals surface area contributed by atoms with E-state index < -0.39 is 0 Å². The van der Waals surface area contributed by atoms with Crippen LogP contribution in [0.15, 0.2) is 267 Å². The molecular weight excluding hydrogens is 1140 g/mol. The zero-order valence-corrected chi connectivity index (χ0v) is 54.0. The van der Waals surface area contributed by atoms with E-state index in [0.29, 0.717) is 0 Å². The summed E-state index contributed by atoms with van der Waals surface area (Å²) in [5, 5.41) is 12.8. The largest absolute Gasteiger partial charge is 0.307 e. The maximum absolute atomic E-state index is 2.72. The highest BCUT2D eigenvalue weighted by atomic mass is 15.2. The Labute approximate surface area is 550 Å². The van der Waals surface area contributed by atoms with Crippen LogP contribution in [0.4, 0.5) is 34.1 Å². The Morgan fingerprint density at radius 2 is 0.638 bits per heavy atom. The van der Waals surface area contributed by atoms with Gasteiger partial charge in [0.25, 0.3) is 0 Å². The minimum absolute atomic E-state index is 0.217. The fraction of sp³-hybridized carbons (Fsp3) is 0.156. The molecule has 0 saturated carbocycles. The third-order valence-electron chi connectivity index (χ3n) is 21.1. The van der Waals surface area contributed by atoms with Gasteiger partial charge in [0.2, 0.25) is 0 Å². The first kappa shape index (κ1) is 56.1. The van der Waals surface area contributed by atoms with Crippen molar-refractivity contribution in [3.8, 4) is 33.6 Å².